The smallest absolute Gasteiger partial charge is 0.0372 e. The maximum atomic E-state index is 3.98. The summed E-state index contributed by atoms with van der Waals surface area (Å²) in [5.41, 5.74) is 6.85. The fourth-order valence-corrected chi connectivity index (χ4v) is 2.90. The lowest BCUT2D eigenvalue weighted by molar-refractivity contribution is 1.09. The molecule has 4 aromatic rings. The van der Waals surface area contributed by atoms with Gasteiger partial charge < -0.3 is 0 Å². The molecule has 0 fully saturated rings. The van der Waals surface area contributed by atoms with Crippen LogP contribution in [-0.2, 0) is 25.7 Å². The highest BCUT2D eigenvalue weighted by atomic mass is 14.6. The largest absolute Gasteiger partial charge is 0.265 e. The van der Waals surface area contributed by atoms with E-state index >= 15 is 0 Å². The van der Waals surface area contributed by atoms with Crippen LogP contribution in [0.15, 0.2) is 104 Å². The summed E-state index contributed by atoms with van der Waals surface area (Å²) < 4.78 is 0. The molecule has 2 aromatic carbocycles. The number of hydrogen-bond donors (Lipinski definition) is 0. The second kappa shape index (κ2) is 27.3. The molecular weight excluding hydrogens is 448 g/mol. The van der Waals surface area contributed by atoms with Gasteiger partial charge in [-0.25, -0.2) is 0 Å². The Morgan fingerprint density at radius 2 is 0.838 bits per heavy atom. The average molecular weight is 505 g/mol. The van der Waals surface area contributed by atoms with E-state index in [4.69, 9.17) is 0 Å². The summed E-state index contributed by atoms with van der Waals surface area (Å²) in [7, 11) is 0. The molecule has 0 aliphatic rings. The lowest BCUT2D eigenvalue weighted by atomic mass is 10.1. The minimum Gasteiger partial charge on any atom is -0.265 e. The molecule has 0 saturated heterocycles. The van der Waals surface area contributed by atoms with E-state index in [1.807, 2.05) is 43.3 Å². The molecule has 0 aliphatic carbocycles. The van der Waals surface area contributed by atoms with Crippen LogP contribution in [-0.4, -0.2) is 9.97 Å². The van der Waals surface area contributed by atoms with Gasteiger partial charge in [-0.2, -0.15) is 0 Å². The summed E-state index contributed by atoms with van der Waals surface area (Å²) in [6, 6.07) is 29.1. The first-order chi connectivity index (χ1) is 16.1. The predicted octanol–water partition coefficient (Wildman–Crippen LogP) is 10.6. The normalized spacial score (nSPS) is 8.24. The number of pyridine rings is 2. The fourth-order valence-electron chi connectivity index (χ4n) is 2.90. The quantitative estimate of drug-likeness (QED) is 0.276. The average Bonchev–Trinajstić information content (AvgIpc) is 2.91. The highest BCUT2D eigenvalue weighted by Crippen LogP contribution is 2.06. The van der Waals surface area contributed by atoms with Crippen molar-refractivity contribution >= 4 is 0 Å². The van der Waals surface area contributed by atoms with Crippen molar-refractivity contribution in [2.45, 2.75) is 90.0 Å². The minimum absolute atomic E-state index is 0. The van der Waals surface area contributed by atoms with Crippen molar-refractivity contribution in [2.75, 3.05) is 0 Å². The maximum absolute atomic E-state index is 3.98. The lowest BCUT2D eigenvalue weighted by Gasteiger charge is -1.98. The van der Waals surface area contributed by atoms with Gasteiger partial charge in [0, 0.05) is 24.3 Å². The SMILES string of the molecule is C.C.C.C.CCc1cccc(CC)c1.CCc1cccc(CC)c1.Cc1ccccn1.c1ccncc1. The summed E-state index contributed by atoms with van der Waals surface area (Å²) in [6.45, 7) is 10.7. The molecule has 0 atom stereocenters. The first-order valence-electron chi connectivity index (χ1n) is 12.0. The first-order valence-corrected chi connectivity index (χ1v) is 12.0. The van der Waals surface area contributed by atoms with Crippen LogP contribution in [0.1, 0.15) is 85.3 Å². The topological polar surface area (TPSA) is 25.8 Å². The Morgan fingerprint density at radius 1 is 0.459 bits per heavy atom. The Hall–Kier alpha value is -3.26. The molecule has 0 spiro atoms. The zero-order valence-electron chi connectivity index (χ0n) is 21.0. The zero-order chi connectivity index (χ0) is 24.2. The van der Waals surface area contributed by atoms with Crippen molar-refractivity contribution in [3.05, 3.63) is 131 Å². The van der Waals surface area contributed by atoms with Crippen molar-refractivity contribution < 1.29 is 0 Å². The minimum atomic E-state index is 0. The third kappa shape index (κ3) is 20.6. The summed E-state index contributed by atoms with van der Waals surface area (Å²) in [5, 5.41) is 0. The number of aryl methyl sites for hydroxylation is 5. The van der Waals surface area contributed by atoms with E-state index in [0.717, 1.165) is 31.4 Å². The van der Waals surface area contributed by atoms with Gasteiger partial charge in [0.05, 0.1) is 0 Å². The van der Waals surface area contributed by atoms with Gasteiger partial charge in [0.1, 0.15) is 0 Å². The second-order valence-electron chi connectivity index (χ2n) is 7.55. The van der Waals surface area contributed by atoms with Crippen LogP contribution < -0.4 is 0 Å². The molecule has 2 heteroatoms. The molecule has 0 aliphatic heterocycles. The Balaban J connectivity index is -0.000000193. The van der Waals surface area contributed by atoms with Crippen LogP contribution >= 0.6 is 0 Å². The van der Waals surface area contributed by atoms with E-state index in [2.05, 4.69) is 86.2 Å². The van der Waals surface area contributed by atoms with Crippen LogP contribution in [0.4, 0.5) is 0 Å². The third-order valence-corrected chi connectivity index (χ3v) is 5.00. The van der Waals surface area contributed by atoms with Crippen LogP contribution in [0.2, 0.25) is 0 Å². The van der Waals surface area contributed by atoms with Gasteiger partial charge in [0.25, 0.3) is 0 Å². The summed E-state index contributed by atoms with van der Waals surface area (Å²) in [6.07, 6.45) is 9.87. The molecule has 4 rings (SSSR count). The van der Waals surface area contributed by atoms with Gasteiger partial charge in [-0.15, -0.1) is 0 Å². The number of rotatable bonds is 4. The third-order valence-electron chi connectivity index (χ3n) is 5.00. The first kappa shape index (κ1) is 40.9. The predicted molar refractivity (Wildman–Crippen MR) is 171 cm³/mol. The van der Waals surface area contributed by atoms with Crippen LogP contribution in [0.5, 0.6) is 0 Å². The lowest BCUT2D eigenvalue weighted by Crippen LogP contribution is -1.83. The van der Waals surface area contributed by atoms with Crippen LogP contribution in [0.25, 0.3) is 0 Å². The zero-order valence-corrected chi connectivity index (χ0v) is 21.0. The maximum Gasteiger partial charge on any atom is 0.0372 e. The number of hydrogen-bond acceptors (Lipinski definition) is 2. The summed E-state index contributed by atoms with van der Waals surface area (Å²) >= 11 is 0. The molecule has 2 heterocycles. The Bertz CT molecular complexity index is 854. The Kier molecular flexibility index (Phi) is 30.2. The summed E-state index contributed by atoms with van der Waals surface area (Å²) in [5.74, 6) is 0. The molecular formula is C35H56N2. The molecule has 206 valence electrons. The highest BCUT2D eigenvalue weighted by Gasteiger charge is 1.90. The van der Waals surface area contributed by atoms with Crippen molar-refractivity contribution in [3.8, 4) is 0 Å². The van der Waals surface area contributed by atoms with Crippen molar-refractivity contribution in [2.24, 2.45) is 0 Å². The van der Waals surface area contributed by atoms with Gasteiger partial charge >= 0.3 is 0 Å². The molecule has 0 saturated carbocycles. The van der Waals surface area contributed by atoms with Crippen molar-refractivity contribution in [3.63, 3.8) is 0 Å². The number of benzene rings is 2. The Labute approximate surface area is 231 Å². The molecule has 0 N–H and O–H groups in total. The highest BCUT2D eigenvalue weighted by molar-refractivity contribution is 5.23. The van der Waals surface area contributed by atoms with Crippen molar-refractivity contribution in [1.82, 2.24) is 9.97 Å². The standard InChI is InChI=1S/2C10H14.C6H7N.C5H5N.4CH4/c2*1-3-9-6-5-7-10(4-2)8-9;1-6-4-2-3-5-7-6;1-2-4-6-5-3-1;;;;/h2*5-8H,3-4H2,1-2H3;2-5H,1H3;1-5H;4*1H4. The molecule has 2 aromatic heterocycles. The molecule has 0 bridgehead atoms. The van der Waals surface area contributed by atoms with Gasteiger partial charge in [0.2, 0.25) is 0 Å². The van der Waals surface area contributed by atoms with Gasteiger partial charge in [-0.3, -0.25) is 9.97 Å². The monoisotopic (exact) mass is 504 g/mol. The van der Waals surface area contributed by atoms with Gasteiger partial charge in [-0.05, 0) is 79.1 Å². The van der Waals surface area contributed by atoms with E-state index in [9.17, 15) is 0 Å². The van der Waals surface area contributed by atoms with Crippen LogP contribution in [0, 0.1) is 6.92 Å². The van der Waals surface area contributed by atoms with E-state index in [1.54, 1.807) is 18.6 Å². The molecule has 0 unspecified atom stereocenters. The number of nitrogens with zero attached hydrogens (tertiary/aromatic N) is 2. The van der Waals surface area contributed by atoms with Gasteiger partial charge in [-0.1, -0.05) is 118 Å². The van der Waals surface area contributed by atoms with E-state index < -0.39 is 0 Å². The fraction of sp³-hybridized carbons (Fsp3) is 0.371. The molecule has 0 amide bonds. The van der Waals surface area contributed by atoms with Gasteiger partial charge in [0.15, 0.2) is 0 Å². The van der Waals surface area contributed by atoms with E-state index in [0.29, 0.717) is 0 Å². The second-order valence-corrected chi connectivity index (χ2v) is 7.55. The number of aromatic nitrogens is 2. The Morgan fingerprint density at radius 3 is 1.03 bits per heavy atom. The van der Waals surface area contributed by atoms with Crippen molar-refractivity contribution in [1.29, 1.82) is 0 Å². The van der Waals surface area contributed by atoms with E-state index in [1.165, 1.54) is 22.3 Å². The molecule has 0 radical (unpaired) electrons. The van der Waals surface area contributed by atoms with E-state index in [-0.39, 0.29) is 29.7 Å². The summed E-state index contributed by atoms with van der Waals surface area (Å²) in [4.78, 5) is 7.76. The van der Waals surface area contributed by atoms with Crippen LogP contribution in [0.3, 0.4) is 0 Å². The molecule has 2 nitrogen and oxygen atoms in total. The molecule has 37 heavy (non-hydrogen) atoms.